The third-order valence-electron chi connectivity index (χ3n) is 2.42. The van der Waals surface area contributed by atoms with Gasteiger partial charge in [0, 0.05) is 16.7 Å². The molecule has 0 bridgehead atoms. The summed E-state index contributed by atoms with van der Waals surface area (Å²) in [6.07, 6.45) is 0. The third-order valence-corrected chi connectivity index (χ3v) is 2.42. The van der Waals surface area contributed by atoms with Crippen LogP contribution in [0.25, 0.3) is 0 Å². The molecule has 1 saturated heterocycles. The second kappa shape index (κ2) is 2.34. The van der Waals surface area contributed by atoms with Crippen LogP contribution in [-0.4, -0.2) is 11.1 Å². The van der Waals surface area contributed by atoms with Crippen LogP contribution in [0.15, 0.2) is 11.1 Å². The van der Waals surface area contributed by atoms with Crippen molar-refractivity contribution in [2.24, 2.45) is 0 Å². The summed E-state index contributed by atoms with van der Waals surface area (Å²) in [5.41, 5.74) is 2.09. The molecule has 1 fully saturated rings. The monoisotopic (exact) mass is 164 g/mol. The van der Waals surface area contributed by atoms with Gasteiger partial charge in [0.2, 0.25) is 0 Å². The van der Waals surface area contributed by atoms with Gasteiger partial charge in [-0.2, -0.15) is 5.26 Å². The Balaban J connectivity index is 3.12. The zero-order chi connectivity index (χ0) is 9.57. The van der Waals surface area contributed by atoms with Gasteiger partial charge in [-0.3, -0.25) is 5.32 Å². The Labute approximate surface area is 74.3 Å². The van der Waals surface area contributed by atoms with Crippen molar-refractivity contribution in [3.05, 3.63) is 11.1 Å². The number of nitriles is 1. The molecule has 0 aromatic rings. The Hall–Kier alpha value is -0.810. The smallest absolute Gasteiger partial charge is 0.0945 e. The Morgan fingerprint density at radius 3 is 1.83 bits per heavy atom. The predicted molar refractivity (Wildman–Crippen MR) is 49.6 cm³/mol. The number of hydrogen-bond acceptors (Lipinski definition) is 2. The maximum Gasteiger partial charge on any atom is 0.0945 e. The molecule has 2 heteroatoms. The Morgan fingerprint density at radius 2 is 1.67 bits per heavy atom. The van der Waals surface area contributed by atoms with Gasteiger partial charge in [0.1, 0.15) is 0 Å². The Morgan fingerprint density at radius 1 is 1.25 bits per heavy atom. The molecule has 1 aliphatic heterocycles. The zero-order valence-corrected chi connectivity index (χ0v) is 8.45. The summed E-state index contributed by atoms with van der Waals surface area (Å²) in [5.74, 6) is 0. The van der Waals surface area contributed by atoms with E-state index in [9.17, 15) is 0 Å². The van der Waals surface area contributed by atoms with Gasteiger partial charge in [-0.15, -0.1) is 0 Å². The maximum atomic E-state index is 8.80. The molecule has 0 amide bonds. The van der Waals surface area contributed by atoms with Crippen LogP contribution in [0.2, 0.25) is 0 Å². The van der Waals surface area contributed by atoms with Crippen LogP contribution in [0.4, 0.5) is 0 Å². The van der Waals surface area contributed by atoms with Gasteiger partial charge in [0.25, 0.3) is 0 Å². The molecule has 1 N–H and O–H groups in total. The van der Waals surface area contributed by atoms with Gasteiger partial charge in [-0.05, 0) is 40.2 Å². The topological polar surface area (TPSA) is 35.8 Å². The molecule has 0 unspecified atom stereocenters. The lowest BCUT2D eigenvalue weighted by Crippen LogP contribution is -2.69. The highest BCUT2D eigenvalue weighted by Gasteiger charge is 2.48. The molecule has 1 heterocycles. The molecule has 0 aromatic carbocycles. The first kappa shape index (κ1) is 9.28. The molecular formula is C10H16N2. The van der Waals surface area contributed by atoms with Crippen molar-refractivity contribution in [1.29, 1.82) is 5.26 Å². The summed E-state index contributed by atoms with van der Waals surface area (Å²) in [7, 11) is 0. The average molecular weight is 164 g/mol. The number of hydrogen-bond donors (Lipinski definition) is 1. The predicted octanol–water partition coefficient (Wildman–Crippen LogP) is 1.99. The van der Waals surface area contributed by atoms with Crippen LogP contribution < -0.4 is 5.32 Å². The lowest BCUT2D eigenvalue weighted by atomic mass is 9.68. The van der Waals surface area contributed by atoms with Crippen LogP contribution >= 0.6 is 0 Å². The highest BCUT2D eigenvalue weighted by molar-refractivity contribution is 5.46. The van der Waals surface area contributed by atoms with Gasteiger partial charge < -0.3 is 0 Å². The highest BCUT2D eigenvalue weighted by atomic mass is 15.1. The standard InChI is InChI=1S/C10H16N2/c1-7(6-11)8-9(2,3)12-10(8,4)5/h12H,1-5H3. The molecule has 0 aliphatic carbocycles. The molecular weight excluding hydrogens is 148 g/mol. The first-order valence-corrected chi connectivity index (χ1v) is 4.22. The number of nitrogens with zero attached hydrogens (tertiary/aromatic N) is 1. The molecule has 0 atom stereocenters. The highest BCUT2D eigenvalue weighted by Crippen LogP contribution is 2.40. The first-order chi connectivity index (χ1) is 5.31. The molecule has 12 heavy (non-hydrogen) atoms. The van der Waals surface area contributed by atoms with Crippen molar-refractivity contribution >= 4 is 0 Å². The van der Waals surface area contributed by atoms with Crippen molar-refractivity contribution in [3.63, 3.8) is 0 Å². The largest absolute Gasteiger partial charge is 0.299 e. The Bertz CT molecular complexity index is 261. The van der Waals surface area contributed by atoms with Gasteiger partial charge in [-0.25, -0.2) is 0 Å². The quantitative estimate of drug-likeness (QED) is 0.556. The van der Waals surface area contributed by atoms with Crippen LogP contribution in [-0.2, 0) is 0 Å². The van der Waals surface area contributed by atoms with E-state index in [-0.39, 0.29) is 11.1 Å². The molecule has 1 rings (SSSR count). The molecule has 1 aliphatic rings. The van der Waals surface area contributed by atoms with E-state index in [0.29, 0.717) is 0 Å². The average Bonchev–Trinajstić information content (AvgIpc) is 1.82. The fraction of sp³-hybridized carbons (Fsp3) is 0.700. The summed E-state index contributed by atoms with van der Waals surface area (Å²) >= 11 is 0. The van der Waals surface area contributed by atoms with Crippen LogP contribution in [0.5, 0.6) is 0 Å². The summed E-state index contributed by atoms with van der Waals surface area (Å²) in [6, 6.07) is 2.22. The number of allylic oxidation sites excluding steroid dienone is 1. The summed E-state index contributed by atoms with van der Waals surface area (Å²) in [6.45, 7) is 10.3. The fourth-order valence-electron chi connectivity index (χ4n) is 2.62. The SMILES string of the molecule is CC(C#N)=C1C(C)(C)NC1(C)C. The van der Waals surface area contributed by atoms with E-state index < -0.39 is 0 Å². The van der Waals surface area contributed by atoms with Crippen molar-refractivity contribution in [3.8, 4) is 6.07 Å². The van der Waals surface area contributed by atoms with Crippen molar-refractivity contribution in [2.45, 2.75) is 45.7 Å². The minimum Gasteiger partial charge on any atom is -0.299 e. The summed E-state index contributed by atoms with van der Waals surface area (Å²) in [5, 5.41) is 12.2. The Kier molecular flexibility index (Phi) is 1.81. The van der Waals surface area contributed by atoms with E-state index in [4.69, 9.17) is 5.26 Å². The van der Waals surface area contributed by atoms with Crippen LogP contribution in [0, 0.1) is 11.3 Å². The number of nitrogens with one attached hydrogen (secondary N) is 1. The minimum absolute atomic E-state index is 0.00329. The van der Waals surface area contributed by atoms with E-state index in [1.54, 1.807) is 0 Å². The molecule has 0 spiro atoms. The van der Waals surface area contributed by atoms with Crippen molar-refractivity contribution < 1.29 is 0 Å². The van der Waals surface area contributed by atoms with E-state index >= 15 is 0 Å². The lowest BCUT2D eigenvalue weighted by molar-refractivity contribution is 0.206. The second-order valence-corrected chi connectivity index (χ2v) is 4.49. The van der Waals surface area contributed by atoms with E-state index in [2.05, 4.69) is 39.1 Å². The maximum absolute atomic E-state index is 8.80. The molecule has 0 saturated carbocycles. The van der Waals surface area contributed by atoms with Gasteiger partial charge in [-0.1, -0.05) is 0 Å². The summed E-state index contributed by atoms with van der Waals surface area (Å²) < 4.78 is 0. The molecule has 0 aromatic heterocycles. The van der Waals surface area contributed by atoms with E-state index in [1.165, 1.54) is 5.57 Å². The van der Waals surface area contributed by atoms with Gasteiger partial charge in [0.15, 0.2) is 0 Å². The van der Waals surface area contributed by atoms with Crippen molar-refractivity contribution in [1.82, 2.24) is 5.32 Å². The minimum atomic E-state index is 0.00329. The zero-order valence-electron chi connectivity index (χ0n) is 8.45. The number of rotatable bonds is 0. The van der Waals surface area contributed by atoms with Gasteiger partial charge in [0.05, 0.1) is 6.07 Å². The normalized spacial score (nSPS) is 24.2. The second-order valence-electron chi connectivity index (χ2n) is 4.49. The fourth-order valence-corrected chi connectivity index (χ4v) is 2.62. The van der Waals surface area contributed by atoms with E-state index in [0.717, 1.165) is 5.57 Å². The van der Waals surface area contributed by atoms with E-state index in [1.807, 2.05) is 6.92 Å². The molecule has 0 radical (unpaired) electrons. The van der Waals surface area contributed by atoms with Crippen LogP contribution in [0.3, 0.4) is 0 Å². The first-order valence-electron chi connectivity index (χ1n) is 4.22. The summed E-state index contributed by atoms with van der Waals surface area (Å²) in [4.78, 5) is 0. The van der Waals surface area contributed by atoms with Crippen LogP contribution in [0.1, 0.15) is 34.6 Å². The molecule has 2 nitrogen and oxygen atoms in total. The van der Waals surface area contributed by atoms with Crippen molar-refractivity contribution in [2.75, 3.05) is 0 Å². The third kappa shape index (κ3) is 1.15. The van der Waals surface area contributed by atoms with Gasteiger partial charge >= 0.3 is 0 Å². The molecule has 66 valence electrons. The lowest BCUT2D eigenvalue weighted by Gasteiger charge is -2.54.